The Bertz CT molecular complexity index is 1380. The van der Waals surface area contributed by atoms with E-state index in [0.717, 1.165) is 12.0 Å². The molecule has 2 aromatic carbocycles. The number of aliphatic hydroxyl groups is 1. The van der Waals surface area contributed by atoms with Crippen molar-refractivity contribution in [3.05, 3.63) is 89.5 Å². The second-order valence-electron chi connectivity index (χ2n) is 10.7. The van der Waals surface area contributed by atoms with E-state index in [0.29, 0.717) is 23.8 Å². The molecule has 0 aromatic heterocycles. The highest BCUT2D eigenvalue weighted by Crippen LogP contribution is 2.62. The number of rotatable bonds is 6. The van der Waals surface area contributed by atoms with Crippen LogP contribution in [-0.4, -0.2) is 74.9 Å². The first kappa shape index (κ1) is 27.1. The number of hydrogen-bond acceptors (Lipinski definition) is 5. The molecule has 0 bridgehead atoms. The molecule has 4 aliphatic rings. The fraction of sp³-hybridized carbons (Fsp3) is 0.387. The molecule has 1 N–H and O–H groups in total. The van der Waals surface area contributed by atoms with Crippen molar-refractivity contribution >= 4 is 46.8 Å². The maximum atomic E-state index is 14.7. The molecule has 9 heteroatoms. The van der Waals surface area contributed by atoms with Crippen molar-refractivity contribution in [2.24, 2.45) is 11.8 Å². The van der Waals surface area contributed by atoms with E-state index in [1.165, 1.54) is 11.8 Å². The molecule has 6 atom stereocenters. The Morgan fingerprint density at radius 2 is 1.75 bits per heavy atom. The fourth-order valence-electron chi connectivity index (χ4n) is 6.85. The van der Waals surface area contributed by atoms with Crippen molar-refractivity contribution in [2.75, 3.05) is 31.1 Å². The number of aliphatic hydroxyl groups excluding tert-OH is 1. The molecule has 0 saturated carbocycles. The molecule has 40 heavy (non-hydrogen) atoms. The smallest absolute Gasteiger partial charge is 0.251 e. The molecule has 2 fully saturated rings. The minimum Gasteiger partial charge on any atom is -0.394 e. The van der Waals surface area contributed by atoms with Gasteiger partial charge in [0.05, 0.1) is 39.9 Å². The van der Waals surface area contributed by atoms with Gasteiger partial charge in [0, 0.05) is 24.9 Å². The van der Waals surface area contributed by atoms with Gasteiger partial charge < -0.3 is 19.8 Å². The molecule has 3 amide bonds. The quantitative estimate of drug-likeness (QED) is 0.523. The van der Waals surface area contributed by atoms with Crippen LogP contribution in [-0.2, 0) is 14.4 Å². The van der Waals surface area contributed by atoms with Crippen LogP contribution in [0.15, 0.2) is 78.9 Å². The second kappa shape index (κ2) is 10.7. The number of thioether (sulfide) groups is 1. The van der Waals surface area contributed by atoms with E-state index in [1.54, 1.807) is 21.9 Å². The van der Waals surface area contributed by atoms with Gasteiger partial charge in [0.2, 0.25) is 11.8 Å². The zero-order chi connectivity index (χ0) is 28.0. The van der Waals surface area contributed by atoms with E-state index in [9.17, 15) is 19.5 Å². The van der Waals surface area contributed by atoms with Gasteiger partial charge in [-0.05, 0) is 24.1 Å². The van der Waals surface area contributed by atoms with Crippen molar-refractivity contribution in [3.63, 3.8) is 0 Å². The summed E-state index contributed by atoms with van der Waals surface area (Å²) in [5.41, 5.74) is 1.30. The molecule has 7 nitrogen and oxygen atoms in total. The lowest BCUT2D eigenvalue weighted by Crippen LogP contribution is -2.54. The molecule has 2 saturated heterocycles. The Morgan fingerprint density at radius 1 is 1.00 bits per heavy atom. The summed E-state index contributed by atoms with van der Waals surface area (Å²) in [6.07, 6.45) is 8.78. The van der Waals surface area contributed by atoms with E-state index in [4.69, 9.17) is 11.6 Å². The van der Waals surface area contributed by atoms with E-state index in [2.05, 4.69) is 0 Å². The Hall–Kier alpha value is -3.07. The number of carbonyl (C=O) groups excluding carboxylic acids is 3. The molecule has 0 radical (unpaired) electrons. The van der Waals surface area contributed by atoms with Crippen molar-refractivity contribution in [1.29, 1.82) is 0 Å². The lowest BCUT2D eigenvalue weighted by molar-refractivity contribution is -0.144. The van der Waals surface area contributed by atoms with Crippen LogP contribution >= 0.6 is 23.4 Å². The van der Waals surface area contributed by atoms with Gasteiger partial charge in [-0.1, -0.05) is 85.3 Å². The summed E-state index contributed by atoms with van der Waals surface area (Å²) >= 11 is 8.10. The first-order valence-electron chi connectivity index (χ1n) is 13.8. The zero-order valence-electron chi connectivity index (χ0n) is 22.2. The van der Waals surface area contributed by atoms with Crippen LogP contribution in [0.5, 0.6) is 0 Å². The number of hydrogen-bond donors (Lipinski definition) is 1. The molecule has 6 rings (SSSR count). The van der Waals surface area contributed by atoms with E-state index in [-0.39, 0.29) is 36.1 Å². The summed E-state index contributed by atoms with van der Waals surface area (Å²) in [5, 5.41) is 10.9. The molecule has 4 heterocycles. The third-order valence-electron chi connectivity index (χ3n) is 8.51. The first-order chi connectivity index (χ1) is 19.4. The number of likely N-dealkylation sites (tertiary alicyclic amines) is 1. The third-order valence-corrected chi connectivity index (χ3v) is 10.6. The molecule has 4 aliphatic heterocycles. The predicted molar refractivity (Wildman–Crippen MR) is 157 cm³/mol. The average Bonchev–Trinajstić information content (AvgIpc) is 3.28. The van der Waals surface area contributed by atoms with E-state index < -0.39 is 28.7 Å². The summed E-state index contributed by atoms with van der Waals surface area (Å²) in [6.45, 7) is 3.08. The Balaban J connectivity index is 1.52. The molecule has 0 aliphatic carbocycles. The molecule has 208 valence electrons. The first-order valence-corrected chi connectivity index (χ1v) is 15.0. The molecule has 1 unspecified atom stereocenters. The highest BCUT2D eigenvalue weighted by molar-refractivity contribution is 8.02. The lowest BCUT2D eigenvalue weighted by Gasteiger charge is -2.38. The van der Waals surface area contributed by atoms with Gasteiger partial charge >= 0.3 is 0 Å². The third kappa shape index (κ3) is 4.11. The highest BCUT2D eigenvalue weighted by atomic mass is 35.5. The summed E-state index contributed by atoms with van der Waals surface area (Å²) in [6, 6.07) is 14.8. The van der Waals surface area contributed by atoms with Gasteiger partial charge in [0.15, 0.2) is 0 Å². The van der Waals surface area contributed by atoms with Crippen molar-refractivity contribution in [3.8, 4) is 0 Å². The van der Waals surface area contributed by atoms with Crippen LogP contribution < -0.4 is 4.90 Å². The number of fused-ring (bicyclic) bond motifs is 2. The summed E-state index contributed by atoms with van der Waals surface area (Å²) in [4.78, 5) is 48.3. The van der Waals surface area contributed by atoms with Crippen molar-refractivity contribution in [1.82, 2.24) is 9.80 Å². The molecule has 2 aromatic rings. The number of carbonyl (C=O) groups is 3. The van der Waals surface area contributed by atoms with Gasteiger partial charge in [-0.25, -0.2) is 0 Å². The minimum absolute atomic E-state index is 0.0477. The maximum Gasteiger partial charge on any atom is 0.251 e. The van der Waals surface area contributed by atoms with Crippen molar-refractivity contribution in [2.45, 2.75) is 35.4 Å². The number of benzene rings is 2. The van der Waals surface area contributed by atoms with Crippen LogP contribution in [0.3, 0.4) is 0 Å². The summed E-state index contributed by atoms with van der Waals surface area (Å²) in [5.74, 6) is -1.93. The van der Waals surface area contributed by atoms with Gasteiger partial charge in [0.25, 0.3) is 5.91 Å². The predicted octanol–water partition coefficient (Wildman–Crippen LogP) is 4.08. The molecular weight excluding hydrogens is 546 g/mol. The van der Waals surface area contributed by atoms with Crippen molar-refractivity contribution < 1.29 is 19.5 Å². The number of halogens is 1. The van der Waals surface area contributed by atoms with Crippen LogP contribution in [0.2, 0.25) is 5.02 Å². The maximum absolute atomic E-state index is 14.7. The topological polar surface area (TPSA) is 81.2 Å². The van der Waals surface area contributed by atoms with Gasteiger partial charge in [0.1, 0.15) is 6.04 Å². The van der Waals surface area contributed by atoms with Crippen LogP contribution in [0, 0.1) is 11.8 Å². The SMILES string of the molecule is CCCN1CC=C[C@@H]2S[C@]34C=CCN(c5ccccc5Cl)C(=O)C3N([C@H](CO)c3ccccc3)C(=O)[C@@H]4[C@@H]2C1=O. The normalized spacial score (nSPS) is 30.2. The van der Waals surface area contributed by atoms with E-state index >= 15 is 0 Å². The Labute approximate surface area is 243 Å². The zero-order valence-corrected chi connectivity index (χ0v) is 23.8. The Morgan fingerprint density at radius 3 is 2.48 bits per heavy atom. The molecular formula is C31H32ClN3O4S. The monoisotopic (exact) mass is 577 g/mol. The average molecular weight is 578 g/mol. The van der Waals surface area contributed by atoms with Gasteiger partial charge in [-0.15, -0.1) is 11.8 Å². The summed E-state index contributed by atoms with van der Waals surface area (Å²) < 4.78 is -0.975. The Kier molecular flexibility index (Phi) is 7.27. The summed E-state index contributed by atoms with van der Waals surface area (Å²) in [7, 11) is 0. The van der Waals surface area contributed by atoms with Gasteiger partial charge in [-0.2, -0.15) is 0 Å². The second-order valence-corrected chi connectivity index (χ2v) is 12.6. The highest BCUT2D eigenvalue weighted by Gasteiger charge is 2.72. The van der Waals surface area contributed by atoms with Gasteiger partial charge in [-0.3, -0.25) is 14.4 Å². The molecule has 1 spiro atoms. The number of anilines is 1. The van der Waals surface area contributed by atoms with Crippen LogP contribution in [0.25, 0.3) is 0 Å². The minimum atomic E-state index is -0.975. The van der Waals surface area contributed by atoms with Crippen LogP contribution in [0.1, 0.15) is 24.9 Å². The van der Waals surface area contributed by atoms with Crippen LogP contribution in [0.4, 0.5) is 5.69 Å². The largest absolute Gasteiger partial charge is 0.394 e. The fourth-order valence-corrected chi connectivity index (χ4v) is 9.08. The number of amides is 3. The van der Waals surface area contributed by atoms with E-state index in [1.807, 2.05) is 78.6 Å². The standard InChI is InChI=1S/C31H32ClN3O4S/c1-2-16-33-17-8-14-24-25(28(33)37)26-29(38)35(23(19-36)20-10-4-3-5-11-20)27-30(39)34(18-9-15-31(26,27)40-24)22-13-7-6-12-21(22)32/h3-15,23-27,36H,2,16-19H2,1H3/t23-,24+,25-,26+,27?,31+/m1/s1. The number of para-hydroxylation sites is 1. The number of nitrogens with zero attached hydrogens (tertiary/aromatic N) is 3. The lowest BCUT2D eigenvalue weighted by atomic mass is 9.78.